The smallest absolute Gasteiger partial charge is 0.431 e. The molecule has 0 fully saturated rings. The van der Waals surface area contributed by atoms with Crippen LogP contribution in [-0.2, 0) is 9.57 Å². The van der Waals surface area contributed by atoms with Crippen LogP contribution in [0, 0.1) is 0 Å². The van der Waals surface area contributed by atoms with Gasteiger partial charge in [0.25, 0.3) is 0 Å². The Labute approximate surface area is 113 Å². The highest BCUT2D eigenvalue weighted by Gasteiger charge is 2.16. The van der Waals surface area contributed by atoms with E-state index < -0.39 is 17.8 Å². The summed E-state index contributed by atoms with van der Waals surface area (Å²) < 4.78 is 4.99. The van der Waals surface area contributed by atoms with Crippen LogP contribution in [0.1, 0.15) is 38.9 Å². The molecule has 0 saturated heterocycles. The van der Waals surface area contributed by atoms with Gasteiger partial charge in [-0.25, -0.2) is 4.79 Å². The molecule has 0 aliphatic heterocycles. The van der Waals surface area contributed by atoms with Gasteiger partial charge in [0.15, 0.2) is 0 Å². The first-order valence-electron chi connectivity index (χ1n) is 6.22. The van der Waals surface area contributed by atoms with E-state index in [4.69, 9.17) is 9.57 Å². The van der Waals surface area contributed by atoms with E-state index >= 15 is 0 Å². The van der Waals surface area contributed by atoms with Crippen LogP contribution >= 0.6 is 0 Å². The molecule has 0 bridgehead atoms. The minimum atomic E-state index is -0.637. The fourth-order valence-electron chi connectivity index (χ4n) is 1.42. The second-order valence-corrected chi connectivity index (χ2v) is 5.17. The highest BCUT2D eigenvalue weighted by atomic mass is 16.7. The molecule has 0 aliphatic carbocycles. The maximum atomic E-state index is 11.3. The molecule has 0 heterocycles. The van der Waals surface area contributed by atoms with Gasteiger partial charge in [-0.1, -0.05) is 30.3 Å². The van der Waals surface area contributed by atoms with E-state index in [1.807, 2.05) is 30.3 Å². The topological polar surface area (TPSA) is 67.8 Å². The predicted octanol–water partition coefficient (Wildman–Crippen LogP) is 2.57. The molecule has 0 spiro atoms. The lowest BCUT2D eigenvalue weighted by molar-refractivity contribution is -0.0161. The molecule has 1 aromatic rings. The minimum Gasteiger partial charge on any atom is -0.442 e. The first kappa shape index (κ1) is 15.5. The average molecular weight is 267 g/mol. The van der Waals surface area contributed by atoms with Crippen LogP contribution in [0.15, 0.2) is 30.3 Å². The van der Waals surface area contributed by atoms with Crippen LogP contribution in [0.25, 0.3) is 0 Å². The Kier molecular flexibility index (Phi) is 5.79. The van der Waals surface area contributed by atoms with E-state index in [9.17, 15) is 9.90 Å². The maximum Gasteiger partial charge on any atom is 0.431 e. The standard InChI is InChI=1S/C14H21NO4/c1-14(2,3)19-13(17)15-18-10-9-12(16)11-7-5-4-6-8-11/h4-8,12,16H,9-10H2,1-3H3,(H,15,17)/t12-/m0/s1. The Bertz CT molecular complexity index is 386. The molecule has 1 aromatic carbocycles. The second-order valence-electron chi connectivity index (χ2n) is 5.17. The molecule has 1 rings (SSSR count). The number of aliphatic hydroxyl groups excluding tert-OH is 1. The SMILES string of the molecule is CC(C)(C)OC(=O)NOCC[C@H](O)c1ccccc1. The van der Waals surface area contributed by atoms with Gasteiger partial charge < -0.3 is 9.84 Å². The van der Waals surface area contributed by atoms with Crippen LogP contribution in [0.4, 0.5) is 4.79 Å². The molecule has 0 aromatic heterocycles. The molecule has 106 valence electrons. The van der Waals surface area contributed by atoms with Gasteiger partial charge in [0.2, 0.25) is 0 Å². The van der Waals surface area contributed by atoms with Crippen LogP contribution < -0.4 is 5.48 Å². The number of carbonyl (C=O) groups excluding carboxylic acids is 1. The van der Waals surface area contributed by atoms with Gasteiger partial charge in [0.05, 0.1) is 12.7 Å². The summed E-state index contributed by atoms with van der Waals surface area (Å²) in [6.07, 6.45) is -0.858. The van der Waals surface area contributed by atoms with E-state index in [1.54, 1.807) is 20.8 Å². The lowest BCUT2D eigenvalue weighted by Crippen LogP contribution is -2.32. The number of amides is 1. The number of hydrogen-bond donors (Lipinski definition) is 2. The molecular weight excluding hydrogens is 246 g/mol. The number of hydroxylamine groups is 1. The number of carbonyl (C=O) groups is 1. The lowest BCUT2D eigenvalue weighted by Gasteiger charge is -2.19. The average Bonchev–Trinajstić information content (AvgIpc) is 2.33. The summed E-state index contributed by atoms with van der Waals surface area (Å²) in [6.45, 7) is 5.51. The number of rotatable bonds is 5. The van der Waals surface area contributed by atoms with E-state index in [1.165, 1.54) is 0 Å². The Morgan fingerprint density at radius 2 is 1.95 bits per heavy atom. The molecule has 1 amide bonds. The van der Waals surface area contributed by atoms with Gasteiger partial charge in [0.1, 0.15) is 5.60 Å². The van der Waals surface area contributed by atoms with Crippen molar-refractivity contribution in [2.75, 3.05) is 6.61 Å². The maximum absolute atomic E-state index is 11.3. The third kappa shape index (κ3) is 6.79. The van der Waals surface area contributed by atoms with Crippen LogP contribution in [-0.4, -0.2) is 23.4 Å². The van der Waals surface area contributed by atoms with Gasteiger partial charge in [0, 0.05) is 6.42 Å². The molecule has 5 nitrogen and oxygen atoms in total. The summed E-state index contributed by atoms with van der Waals surface area (Å²) in [5, 5.41) is 9.85. The summed E-state index contributed by atoms with van der Waals surface area (Å²) in [4.78, 5) is 16.2. The van der Waals surface area contributed by atoms with Crippen molar-refractivity contribution in [3.05, 3.63) is 35.9 Å². The van der Waals surface area contributed by atoms with Crippen molar-refractivity contribution in [2.24, 2.45) is 0 Å². The highest BCUT2D eigenvalue weighted by molar-refractivity contribution is 5.66. The Hall–Kier alpha value is -1.59. The first-order valence-corrected chi connectivity index (χ1v) is 6.22. The Morgan fingerprint density at radius 3 is 2.53 bits per heavy atom. The summed E-state index contributed by atoms with van der Waals surface area (Å²) in [5.41, 5.74) is 2.44. The molecule has 5 heteroatoms. The van der Waals surface area contributed by atoms with E-state index in [0.29, 0.717) is 6.42 Å². The molecule has 19 heavy (non-hydrogen) atoms. The van der Waals surface area contributed by atoms with Crippen molar-refractivity contribution < 1.29 is 19.5 Å². The molecule has 2 N–H and O–H groups in total. The van der Waals surface area contributed by atoms with Crippen LogP contribution in [0.3, 0.4) is 0 Å². The molecule has 0 aliphatic rings. The summed E-state index contributed by atoms with van der Waals surface area (Å²) in [6, 6.07) is 9.28. The zero-order valence-electron chi connectivity index (χ0n) is 11.6. The summed E-state index contributed by atoms with van der Waals surface area (Å²) in [7, 11) is 0. The highest BCUT2D eigenvalue weighted by Crippen LogP contribution is 2.15. The third-order valence-electron chi connectivity index (χ3n) is 2.23. The van der Waals surface area contributed by atoms with Crippen LogP contribution in [0.5, 0.6) is 0 Å². The minimum absolute atomic E-state index is 0.204. The molecule has 0 unspecified atom stereocenters. The van der Waals surface area contributed by atoms with Gasteiger partial charge in [-0.15, -0.1) is 0 Å². The van der Waals surface area contributed by atoms with E-state index in [0.717, 1.165) is 5.56 Å². The largest absolute Gasteiger partial charge is 0.442 e. The number of aliphatic hydroxyl groups is 1. The normalized spacial score (nSPS) is 12.8. The van der Waals surface area contributed by atoms with Crippen molar-refractivity contribution in [3.63, 3.8) is 0 Å². The first-order chi connectivity index (χ1) is 8.88. The predicted molar refractivity (Wildman–Crippen MR) is 71.3 cm³/mol. The molecule has 0 saturated carbocycles. The number of nitrogens with one attached hydrogen (secondary N) is 1. The van der Waals surface area contributed by atoms with Gasteiger partial charge in [-0.2, -0.15) is 5.48 Å². The molecular formula is C14H21NO4. The van der Waals surface area contributed by atoms with Gasteiger partial charge >= 0.3 is 6.09 Å². The van der Waals surface area contributed by atoms with Crippen molar-refractivity contribution >= 4 is 6.09 Å². The monoisotopic (exact) mass is 267 g/mol. The lowest BCUT2D eigenvalue weighted by atomic mass is 10.1. The quantitative estimate of drug-likeness (QED) is 0.635. The number of ether oxygens (including phenoxy) is 1. The fraction of sp³-hybridized carbons (Fsp3) is 0.500. The molecule has 0 radical (unpaired) electrons. The third-order valence-corrected chi connectivity index (χ3v) is 2.23. The van der Waals surface area contributed by atoms with Crippen molar-refractivity contribution in [1.29, 1.82) is 0 Å². The van der Waals surface area contributed by atoms with E-state index in [2.05, 4.69) is 5.48 Å². The van der Waals surface area contributed by atoms with Gasteiger partial charge in [-0.3, -0.25) is 4.84 Å². The van der Waals surface area contributed by atoms with Crippen LogP contribution in [0.2, 0.25) is 0 Å². The Morgan fingerprint density at radius 1 is 1.32 bits per heavy atom. The Balaban J connectivity index is 2.19. The van der Waals surface area contributed by atoms with Gasteiger partial charge in [-0.05, 0) is 26.3 Å². The number of benzene rings is 1. The summed E-state index contributed by atoms with van der Waals surface area (Å²) in [5.74, 6) is 0. The number of hydrogen-bond acceptors (Lipinski definition) is 4. The molecule has 1 atom stereocenters. The van der Waals surface area contributed by atoms with E-state index in [-0.39, 0.29) is 6.61 Å². The van der Waals surface area contributed by atoms with Crippen molar-refractivity contribution in [1.82, 2.24) is 5.48 Å². The van der Waals surface area contributed by atoms with Crippen molar-refractivity contribution in [2.45, 2.75) is 38.9 Å². The zero-order valence-corrected chi connectivity index (χ0v) is 11.6. The summed E-state index contributed by atoms with van der Waals surface area (Å²) >= 11 is 0. The fourth-order valence-corrected chi connectivity index (χ4v) is 1.42. The van der Waals surface area contributed by atoms with Crippen molar-refractivity contribution in [3.8, 4) is 0 Å². The zero-order chi connectivity index (χ0) is 14.3. The second kappa shape index (κ2) is 7.11.